The van der Waals surface area contributed by atoms with E-state index in [0.717, 1.165) is 31.6 Å². The SMILES string of the molecule is CN1CCN(S(=O)(=O)c2ccc(NCCc3c[nH]c4ccccc34)nc2)CC1. The molecule has 0 aliphatic carbocycles. The molecule has 3 aromatic rings. The van der Waals surface area contributed by atoms with Crippen LogP contribution in [0.3, 0.4) is 0 Å². The number of benzene rings is 1. The summed E-state index contributed by atoms with van der Waals surface area (Å²) in [6.45, 7) is 3.26. The van der Waals surface area contributed by atoms with Crippen LogP contribution in [0, 0.1) is 0 Å². The van der Waals surface area contributed by atoms with E-state index in [1.54, 1.807) is 12.1 Å². The molecule has 7 nitrogen and oxygen atoms in total. The van der Waals surface area contributed by atoms with Crippen LogP contribution in [0.5, 0.6) is 0 Å². The Labute approximate surface area is 165 Å². The third-order valence-corrected chi connectivity index (χ3v) is 7.09. The Morgan fingerprint density at radius 2 is 1.89 bits per heavy atom. The Bertz CT molecular complexity index is 1040. The Balaban J connectivity index is 1.37. The van der Waals surface area contributed by atoms with E-state index in [1.807, 2.05) is 25.4 Å². The largest absolute Gasteiger partial charge is 0.370 e. The Morgan fingerprint density at radius 1 is 1.11 bits per heavy atom. The van der Waals surface area contributed by atoms with Gasteiger partial charge in [-0.25, -0.2) is 13.4 Å². The number of likely N-dealkylation sites (N-methyl/N-ethyl adjacent to an activating group) is 1. The van der Waals surface area contributed by atoms with Crippen LogP contribution in [0.15, 0.2) is 53.7 Å². The van der Waals surface area contributed by atoms with Crippen molar-refractivity contribution in [2.75, 3.05) is 45.1 Å². The molecule has 0 unspecified atom stereocenters. The molecule has 1 aliphatic heterocycles. The second-order valence-corrected chi connectivity index (χ2v) is 9.06. The molecule has 0 atom stereocenters. The van der Waals surface area contributed by atoms with Gasteiger partial charge in [-0.05, 0) is 37.2 Å². The van der Waals surface area contributed by atoms with Gasteiger partial charge in [0.25, 0.3) is 0 Å². The summed E-state index contributed by atoms with van der Waals surface area (Å²) in [7, 11) is -1.47. The summed E-state index contributed by atoms with van der Waals surface area (Å²) in [5.41, 5.74) is 2.38. The first-order valence-corrected chi connectivity index (χ1v) is 10.9. The van der Waals surface area contributed by atoms with Crippen LogP contribution >= 0.6 is 0 Å². The minimum Gasteiger partial charge on any atom is -0.370 e. The average Bonchev–Trinajstić information content (AvgIpc) is 3.12. The van der Waals surface area contributed by atoms with Gasteiger partial charge in [-0.1, -0.05) is 18.2 Å². The molecule has 4 rings (SSSR count). The first-order valence-electron chi connectivity index (χ1n) is 9.48. The summed E-state index contributed by atoms with van der Waals surface area (Å²) in [6.07, 6.45) is 4.33. The zero-order valence-electron chi connectivity index (χ0n) is 15.9. The maximum atomic E-state index is 12.7. The van der Waals surface area contributed by atoms with Crippen LogP contribution in [0.1, 0.15) is 5.56 Å². The number of aromatic nitrogens is 2. The fourth-order valence-electron chi connectivity index (χ4n) is 3.48. The molecule has 0 radical (unpaired) electrons. The third kappa shape index (κ3) is 3.89. The summed E-state index contributed by atoms with van der Waals surface area (Å²) in [6, 6.07) is 11.6. The molecule has 0 spiro atoms. The topological polar surface area (TPSA) is 81.3 Å². The van der Waals surface area contributed by atoms with Gasteiger partial charge in [-0.2, -0.15) is 4.31 Å². The molecule has 2 aromatic heterocycles. The molecular formula is C20H25N5O2S. The predicted octanol–water partition coefficient (Wildman–Crippen LogP) is 2.15. The van der Waals surface area contributed by atoms with E-state index in [9.17, 15) is 8.42 Å². The van der Waals surface area contributed by atoms with E-state index in [4.69, 9.17) is 0 Å². The number of rotatable bonds is 6. The third-order valence-electron chi connectivity index (χ3n) is 5.21. The summed E-state index contributed by atoms with van der Waals surface area (Å²) in [5.74, 6) is 0.678. The van der Waals surface area contributed by atoms with Crippen LogP contribution in [-0.2, 0) is 16.4 Å². The molecule has 1 aromatic carbocycles. The average molecular weight is 400 g/mol. The highest BCUT2D eigenvalue weighted by Crippen LogP contribution is 2.19. The maximum Gasteiger partial charge on any atom is 0.244 e. The van der Waals surface area contributed by atoms with E-state index < -0.39 is 10.0 Å². The lowest BCUT2D eigenvalue weighted by Gasteiger charge is -2.31. The molecule has 0 saturated carbocycles. The molecule has 0 amide bonds. The minimum atomic E-state index is -3.47. The fourth-order valence-corrected chi connectivity index (χ4v) is 4.85. The van der Waals surface area contributed by atoms with E-state index in [2.05, 4.69) is 32.3 Å². The highest BCUT2D eigenvalue weighted by atomic mass is 32.2. The molecule has 2 N–H and O–H groups in total. The number of pyridine rings is 1. The Hall–Kier alpha value is -2.42. The standard InChI is InChI=1S/C20H25N5O2S/c1-24-10-12-25(13-11-24)28(26,27)17-6-7-20(23-15-17)21-9-8-16-14-22-19-5-3-2-4-18(16)19/h2-7,14-15,22H,8-13H2,1H3,(H,21,23). The van der Waals surface area contributed by atoms with Gasteiger partial charge in [0.1, 0.15) is 10.7 Å². The van der Waals surface area contributed by atoms with Crippen molar-refractivity contribution in [1.82, 2.24) is 19.2 Å². The lowest BCUT2D eigenvalue weighted by Crippen LogP contribution is -2.47. The van der Waals surface area contributed by atoms with Gasteiger partial charge in [0.2, 0.25) is 10.0 Å². The van der Waals surface area contributed by atoms with Crippen molar-refractivity contribution in [2.45, 2.75) is 11.3 Å². The molecule has 0 bridgehead atoms. The highest BCUT2D eigenvalue weighted by molar-refractivity contribution is 7.89. The summed E-state index contributed by atoms with van der Waals surface area (Å²) in [4.78, 5) is 9.96. The molecule has 3 heterocycles. The molecule has 1 fully saturated rings. The van der Waals surface area contributed by atoms with E-state index >= 15 is 0 Å². The van der Waals surface area contributed by atoms with E-state index in [0.29, 0.717) is 18.9 Å². The molecular weight excluding hydrogens is 374 g/mol. The van der Waals surface area contributed by atoms with Crippen LogP contribution in [-0.4, -0.2) is 67.4 Å². The molecule has 1 aliphatic rings. The number of piperazine rings is 1. The molecule has 28 heavy (non-hydrogen) atoms. The van der Waals surface area contributed by atoms with Gasteiger partial charge >= 0.3 is 0 Å². The lowest BCUT2D eigenvalue weighted by atomic mass is 10.1. The normalized spacial score (nSPS) is 16.5. The second-order valence-electron chi connectivity index (χ2n) is 7.12. The van der Waals surface area contributed by atoms with Crippen LogP contribution in [0.25, 0.3) is 10.9 Å². The van der Waals surface area contributed by atoms with Crippen molar-refractivity contribution in [2.24, 2.45) is 0 Å². The summed E-state index contributed by atoms with van der Waals surface area (Å²) < 4.78 is 27.0. The zero-order valence-corrected chi connectivity index (χ0v) is 16.7. The number of hydrogen-bond donors (Lipinski definition) is 2. The quantitative estimate of drug-likeness (QED) is 0.664. The number of para-hydroxylation sites is 1. The zero-order chi connectivity index (χ0) is 19.6. The Kier molecular flexibility index (Phi) is 5.34. The molecule has 148 valence electrons. The fraction of sp³-hybridized carbons (Fsp3) is 0.350. The van der Waals surface area contributed by atoms with Gasteiger partial charge < -0.3 is 15.2 Å². The summed E-state index contributed by atoms with van der Waals surface area (Å²) in [5, 5.41) is 4.50. The van der Waals surface area contributed by atoms with Crippen molar-refractivity contribution in [3.05, 3.63) is 54.4 Å². The van der Waals surface area contributed by atoms with Crippen LogP contribution in [0.4, 0.5) is 5.82 Å². The van der Waals surface area contributed by atoms with E-state index in [1.165, 1.54) is 21.5 Å². The Morgan fingerprint density at radius 3 is 2.64 bits per heavy atom. The number of H-pyrrole nitrogens is 1. The van der Waals surface area contributed by atoms with Crippen molar-refractivity contribution in [1.29, 1.82) is 0 Å². The van der Waals surface area contributed by atoms with Gasteiger partial charge in [0.15, 0.2) is 0 Å². The monoisotopic (exact) mass is 399 g/mol. The first kappa shape index (κ1) is 18.9. The lowest BCUT2D eigenvalue weighted by molar-refractivity contribution is 0.222. The van der Waals surface area contributed by atoms with Crippen LogP contribution < -0.4 is 5.32 Å². The minimum absolute atomic E-state index is 0.249. The predicted molar refractivity (Wildman–Crippen MR) is 111 cm³/mol. The number of nitrogens with zero attached hydrogens (tertiary/aromatic N) is 3. The van der Waals surface area contributed by atoms with Crippen molar-refractivity contribution < 1.29 is 8.42 Å². The number of nitrogens with one attached hydrogen (secondary N) is 2. The van der Waals surface area contributed by atoms with Crippen molar-refractivity contribution in [3.8, 4) is 0 Å². The number of sulfonamides is 1. The maximum absolute atomic E-state index is 12.7. The van der Waals surface area contributed by atoms with E-state index in [-0.39, 0.29) is 4.90 Å². The smallest absolute Gasteiger partial charge is 0.244 e. The van der Waals surface area contributed by atoms with Gasteiger partial charge in [0.05, 0.1) is 0 Å². The van der Waals surface area contributed by atoms with Crippen molar-refractivity contribution in [3.63, 3.8) is 0 Å². The van der Waals surface area contributed by atoms with Gasteiger partial charge in [-0.3, -0.25) is 0 Å². The number of fused-ring (bicyclic) bond motifs is 1. The second kappa shape index (κ2) is 7.90. The van der Waals surface area contributed by atoms with Crippen molar-refractivity contribution >= 4 is 26.7 Å². The molecule has 8 heteroatoms. The van der Waals surface area contributed by atoms with Gasteiger partial charge in [0, 0.05) is 56.0 Å². The molecule has 1 saturated heterocycles. The number of anilines is 1. The first-order chi connectivity index (χ1) is 13.5. The highest BCUT2D eigenvalue weighted by Gasteiger charge is 2.27. The number of aromatic amines is 1. The van der Waals surface area contributed by atoms with Gasteiger partial charge in [-0.15, -0.1) is 0 Å². The van der Waals surface area contributed by atoms with Crippen LogP contribution in [0.2, 0.25) is 0 Å². The number of hydrogen-bond acceptors (Lipinski definition) is 5. The summed E-state index contributed by atoms with van der Waals surface area (Å²) >= 11 is 0.